The molecule has 1 rings (SSSR count). The monoisotopic (exact) mass is 560 g/mol. The number of hydrogen-bond donors (Lipinski definition) is 0. The number of unbranched alkanes of at least 4 members (excludes halogenated alkanes) is 23. The van der Waals surface area contributed by atoms with Crippen LogP contribution in [0.3, 0.4) is 0 Å². The van der Waals surface area contributed by atoms with Gasteiger partial charge in [-0.2, -0.15) is 0 Å². The summed E-state index contributed by atoms with van der Waals surface area (Å²) in [5.41, 5.74) is 1.11. The molecule has 37 heavy (non-hydrogen) atoms. The van der Waals surface area contributed by atoms with E-state index in [1.807, 2.05) is 0 Å². The van der Waals surface area contributed by atoms with Crippen LogP contribution in [0.4, 0.5) is 0 Å². The second-order valence-electron chi connectivity index (χ2n) is 11.0. The Morgan fingerprint density at radius 2 is 0.757 bits per heavy atom. The van der Waals surface area contributed by atoms with Gasteiger partial charge in [-0.05, 0) is 30.5 Å². The van der Waals surface area contributed by atoms with Gasteiger partial charge in [0.05, 0.1) is 4.90 Å². The third kappa shape index (κ3) is 24.3. The summed E-state index contributed by atoms with van der Waals surface area (Å²) in [6.07, 6.45) is 34.5. The Morgan fingerprint density at radius 1 is 0.486 bits per heavy atom. The van der Waals surface area contributed by atoms with Crippen LogP contribution in [0, 0.1) is 0 Å². The molecule has 0 unspecified atom stereocenters. The molecular weight excluding hydrogens is 504 g/mol. The molecule has 3 nitrogen and oxygen atoms in total. The summed E-state index contributed by atoms with van der Waals surface area (Å²) in [7, 11) is -4.33. The molecule has 0 bridgehead atoms. The smallest absolute Gasteiger partial charge is 0.744 e. The van der Waals surface area contributed by atoms with Crippen LogP contribution in [-0.2, 0) is 16.5 Å². The first kappa shape index (κ1) is 37.8. The van der Waals surface area contributed by atoms with Gasteiger partial charge in [0.15, 0.2) is 0 Å². The summed E-state index contributed by atoms with van der Waals surface area (Å²) in [5, 5.41) is 0. The Bertz CT molecular complexity index is 703. The zero-order chi connectivity index (χ0) is 26.2. The van der Waals surface area contributed by atoms with Gasteiger partial charge in [-0.25, -0.2) is 8.42 Å². The van der Waals surface area contributed by atoms with Gasteiger partial charge in [-0.15, -0.1) is 0 Å². The molecule has 0 aliphatic carbocycles. The topological polar surface area (TPSA) is 57.2 Å². The van der Waals surface area contributed by atoms with Gasteiger partial charge < -0.3 is 4.55 Å². The van der Waals surface area contributed by atoms with Crippen LogP contribution in [0.2, 0.25) is 0 Å². The van der Waals surface area contributed by atoms with Crippen molar-refractivity contribution < 1.29 is 64.4 Å². The molecule has 1 aromatic carbocycles. The molecular formula is C32H57KO3S. The van der Waals surface area contributed by atoms with E-state index in [0.29, 0.717) is 0 Å². The van der Waals surface area contributed by atoms with E-state index >= 15 is 0 Å². The van der Waals surface area contributed by atoms with E-state index < -0.39 is 10.1 Å². The fourth-order valence-corrected chi connectivity index (χ4v) is 5.58. The molecule has 0 heterocycles. The molecule has 0 aliphatic rings. The van der Waals surface area contributed by atoms with E-state index in [0.717, 1.165) is 18.4 Å². The van der Waals surface area contributed by atoms with E-state index in [-0.39, 0.29) is 56.3 Å². The van der Waals surface area contributed by atoms with Crippen LogP contribution in [0.15, 0.2) is 29.2 Å². The van der Waals surface area contributed by atoms with E-state index in [1.54, 1.807) is 12.1 Å². The van der Waals surface area contributed by atoms with Crippen LogP contribution in [0.5, 0.6) is 0 Å². The standard InChI is InChI=1S/C32H58O3S.K/c1-2-3-4-5-6-7-8-9-10-11-12-13-14-15-16-17-18-19-20-21-22-23-24-25-26-31-27-29-32(30-28-31)36(33,34)35;/h27-30H,2-26H2,1H3,(H,33,34,35);/q;+1/p-1. The summed E-state index contributed by atoms with van der Waals surface area (Å²) < 4.78 is 32.9. The second-order valence-corrected chi connectivity index (χ2v) is 12.4. The number of hydrogen-bond acceptors (Lipinski definition) is 3. The molecule has 0 aliphatic heterocycles. The maximum atomic E-state index is 11.0. The maximum Gasteiger partial charge on any atom is 1.00 e. The normalized spacial score (nSPS) is 11.5. The first-order chi connectivity index (χ1) is 17.5. The summed E-state index contributed by atoms with van der Waals surface area (Å²) in [4.78, 5) is -0.133. The van der Waals surface area contributed by atoms with Gasteiger partial charge in [-0.1, -0.05) is 167 Å². The SMILES string of the molecule is CCCCCCCCCCCCCCCCCCCCCCCCCCc1ccc(S(=O)(=O)[O-])cc1.[K+]. The van der Waals surface area contributed by atoms with E-state index in [9.17, 15) is 13.0 Å². The molecule has 0 fully saturated rings. The van der Waals surface area contributed by atoms with Gasteiger partial charge in [0.1, 0.15) is 10.1 Å². The van der Waals surface area contributed by atoms with Gasteiger partial charge in [0, 0.05) is 0 Å². The summed E-state index contributed by atoms with van der Waals surface area (Å²) >= 11 is 0. The summed E-state index contributed by atoms with van der Waals surface area (Å²) in [5.74, 6) is 0. The average molecular weight is 561 g/mol. The molecule has 1 aromatic rings. The van der Waals surface area contributed by atoms with Crippen molar-refractivity contribution in [2.75, 3.05) is 0 Å². The van der Waals surface area contributed by atoms with E-state index in [4.69, 9.17) is 0 Å². The Labute approximate surface area is 273 Å². The minimum absolute atomic E-state index is 0. The van der Waals surface area contributed by atoms with Crippen molar-refractivity contribution >= 4 is 10.1 Å². The number of aryl methyl sites for hydroxylation is 1. The predicted molar refractivity (Wildman–Crippen MR) is 155 cm³/mol. The molecule has 0 amide bonds. The predicted octanol–water partition coefficient (Wildman–Crippen LogP) is 7.52. The van der Waals surface area contributed by atoms with Crippen LogP contribution in [-0.4, -0.2) is 13.0 Å². The van der Waals surface area contributed by atoms with Crippen LogP contribution < -0.4 is 51.4 Å². The van der Waals surface area contributed by atoms with Crippen molar-refractivity contribution in [1.29, 1.82) is 0 Å². The van der Waals surface area contributed by atoms with E-state index in [1.165, 1.54) is 160 Å². The summed E-state index contributed by atoms with van der Waals surface area (Å²) in [6, 6.07) is 6.39. The van der Waals surface area contributed by atoms with Crippen molar-refractivity contribution in [3.05, 3.63) is 29.8 Å². The molecule has 0 saturated carbocycles. The second kappa shape index (κ2) is 27.0. The van der Waals surface area contributed by atoms with Crippen LogP contribution in [0.1, 0.15) is 167 Å². The fraction of sp³-hybridized carbons (Fsp3) is 0.812. The number of rotatable bonds is 26. The van der Waals surface area contributed by atoms with Gasteiger partial charge in [-0.3, -0.25) is 0 Å². The average Bonchev–Trinajstić information content (AvgIpc) is 2.86. The third-order valence-electron chi connectivity index (χ3n) is 7.53. The van der Waals surface area contributed by atoms with Crippen molar-refractivity contribution in [3.8, 4) is 0 Å². The molecule has 0 radical (unpaired) electrons. The quantitative estimate of drug-likeness (QED) is 0.0669. The summed E-state index contributed by atoms with van der Waals surface area (Å²) in [6.45, 7) is 2.29. The molecule has 0 N–H and O–H groups in total. The molecule has 0 saturated heterocycles. The first-order valence-electron chi connectivity index (χ1n) is 15.6. The number of benzene rings is 1. The Morgan fingerprint density at radius 3 is 1.03 bits per heavy atom. The van der Waals surface area contributed by atoms with Crippen LogP contribution >= 0.6 is 0 Å². The Kier molecular flexibility index (Phi) is 27.5. The molecule has 0 aromatic heterocycles. The molecule has 5 heteroatoms. The van der Waals surface area contributed by atoms with Crippen molar-refractivity contribution in [2.45, 2.75) is 172 Å². The zero-order valence-electron chi connectivity index (χ0n) is 24.6. The minimum Gasteiger partial charge on any atom is -0.744 e. The maximum absolute atomic E-state index is 11.0. The fourth-order valence-electron chi connectivity index (χ4n) is 5.11. The first-order valence-corrected chi connectivity index (χ1v) is 17.0. The van der Waals surface area contributed by atoms with Gasteiger partial charge >= 0.3 is 51.4 Å². The van der Waals surface area contributed by atoms with Gasteiger partial charge in [0.25, 0.3) is 0 Å². The molecule has 210 valence electrons. The largest absolute Gasteiger partial charge is 1.00 e. The van der Waals surface area contributed by atoms with E-state index in [2.05, 4.69) is 6.92 Å². The Hall–Kier alpha value is 0.766. The van der Waals surface area contributed by atoms with Gasteiger partial charge in [0.2, 0.25) is 0 Å². The Balaban J connectivity index is 0.0000130. The molecule has 0 spiro atoms. The van der Waals surface area contributed by atoms with Crippen LogP contribution in [0.25, 0.3) is 0 Å². The van der Waals surface area contributed by atoms with Crippen molar-refractivity contribution in [2.24, 2.45) is 0 Å². The minimum atomic E-state index is -4.33. The zero-order valence-corrected chi connectivity index (χ0v) is 28.6. The van der Waals surface area contributed by atoms with Crippen molar-refractivity contribution in [1.82, 2.24) is 0 Å². The third-order valence-corrected chi connectivity index (χ3v) is 8.38. The molecule has 0 atom stereocenters. The van der Waals surface area contributed by atoms with Crippen molar-refractivity contribution in [3.63, 3.8) is 0 Å².